The molecule has 0 radical (unpaired) electrons. The van der Waals surface area contributed by atoms with E-state index in [0.717, 1.165) is 12.8 Å². The van der Waals surface area contributed by atoms with Gasteiger partial charge in [0.1, 0.15) is 0 Å². The molecular formula is C16H26O8. The van der Waals surface area contributed by atoms with Crippen molar-refractivity contribution in [3.05, 3.63) is 35.4 Å². The van der Waals surface area contributed by atoms with Gasteiger partial charge in [-0.1, -0.05) is 38.8 Å². The molecule has 1 aromatic carbocycles. The Bertz CT molecular complexity index is 428. The van der Waals surface area contributed by atoms with Crippen molar-refractivity contribution in [2.75, 3.05) is 0 Å². The highest BCUT2D eigenvalue weighted by molar-refractivity contribution is 6.01. The predicted octanol–water partition coefficient (Wildman–Crippen LogP) is 1.28. The molecule has 138 valence electrons. The molecule has 8 nitrogen and oxygen atoms in total. The van der Waals surface area contributed by atoms with Crippen LogP contribution < -0.4 is 0 Å². The summed E-state index contributed by atoms with van der Waals surface area (Å²) in [5, 5.41) is 49.5. The number of aromatic carboxylic acids is 2. The van der Waals surface area contributed by atoms with E-state index in [1.165, 1.54) is 24.3 Å². The highest BCUT2D eigenvalue weighted by Crippen LogP contribution is 2.07. The number of benzene rings is 1. The lowest BCUT2D eigenvalue weighted by molar-refractivity contribution is -0.0460. The van der Waals surface area contributed by atoms with Gasteiger partial charge in [-0.05, 0) is 25.0 Å². The van der Waals surface area contributed by atoms with Crippen LogP contribution in [0.25, 0.3) is 0 Å². The zero-order chi connectivity index (χ0) is 19.1. The maximum absolute atomic E-state index is 10.5. The van der Waals surface area contributed by atoms with E-state index in [1.807, 2.05) is 13.8 Å². The van der Waals surface area contributed by atoms with E-state index in [1.54, 1.807) is 0 Å². The summed E-state index contributed by atoms with van der Waals surface area (Å²) in [7, 11) is 0. The number of carbonyl (C=O) groups is 2. The molecule has 0 unspecified atom stereocenters. The Balaban J connectivity index is 0. The molecular weight excluding hydrogens is 320 g/mol. The fourth-order valence-electron chi connectivity index (χ4n) is 1.37. The molecule has 8 heteroatoms. The summed E-state index contributed by atoms with van der Waals surface area (Å²) in [6, 6.07) is 5.48. The van der Waals surface area contributed by atoms with E-state index >= 15 is 0 Å². The summed E-state index contributed by atoms with van der Waals surface area (Å²) in [5.74, 6) is -2.46. The van der Waals surface area contributed by atoms with Crippen molar-refractivity contribution < 1.29 is 40.2 Å². The van der Waals surface area contributed by atoms with Crippen LogP contribution in [0, 0.1) is 0 Å². The van der Waals surface area contributed by atoms with Crippen LogP contribution in [0.3, 0.4) is 0 Å². The fraction of sp³-hybridized carbons (Fsp3) is 0.500. The van der Waals surface area contributed by atoms with E-state index in [0.29, 0.717) is 12.8 Å². The largest absolute Gasteiger partial charge is 0.478 e. The molecule has 0 atom stereocenters. The summed E-state index contributed by atoms with van der Waals surface area (Å²) >= 11 is 0. The molecule has 1 aromatic rings. The average Bonchev–Trinajstić information content (AvgIpc) is 2.48. The maximum Gasteiger partial charge on any atom is 0.336 e. The van der Waals surface area contributed by atoms with Gasteiger partial charge in [0, 0.05) is 0 Å². The first-order valence-corrected chi connectivity index (χ1v) is 7.45. The molecule has 0 aliphatic carbocycles. The molecule has 24 heavy (non-hydrogen) atoms. The van der Waals surface area contributed by atoms with Crippen molar-refractivity contribution >= 4 is 11.9 Å². The van der Waals surface area contributed by atoms with Crippen LogP contribution >= 0.6 is 0 Å². The Morgan fingerprint density at radius 1 is 0.792 bits per heavy atom. The lowest BCUT2D eigenvalue weighted by Gasteiger charge is -1.98. The second-order valence-electron chi connectivity index (χ2n) is 4.69. The number of hydrogen-bond donors (Lipinski definition) is 6. The van der Waals surface area contributed by atoms with Gasteiger partial charge in [-0.2, -0.15) is 0 Å². The Kier molecular flexibility index (Phi) is 14.7. The maximum atomic E-state index is 10.5. The summed E-state index contributed by atoms with van der Waals surface area (Å²) in [6.07, 6.45) is 0.431. The molecule has 1 rings (SSSR count). The van der Waals surface area contributed by atoms with Crippen LogP contribution in [-0.4, -0.2) is 55.2 Å². The molecule has 0 aliphatic rings. The normalized spacial score (nSPS) is 9.67. The SMILES string of the molecule is CCCC(O)O.CCCC(O)O.O=C(O)c1ccccc1C(=O)O. The van der Waals surface area contributed by atoms with Gasteiger partial charge < -0.3 is 30.6 Å². The number of aliphatic hydroxyl groups is 4. The molecule has 0 heterocycles. The Morgan fingerprint density at radius 2 is 1.08 bits per heavy atom. The van der Waals surface area contributed by atoms with Gasteiger partial charge in [-0.3, -0.25) is 0 Å². The minimum Gasteiger partial charge on any atom is -0.478 e. The Hall–Kier alpha value is -2.00. The van der Waals surface area contributed by atoms with Crippen molar-refractivity contribution in [1.29, 1.82) is 0 Å². The van der Waals surface area contributed by atoms with Crippen molar-refractivity contribution in [3.8, 4) is 0 Å². The lowest BCUT2D eigenvalue weighted by Crippen LogP contribution is -2.06. The zero-order valence-corrected chi connectivity index (χ0v) is 13.8. The van der Waals surface area contributed by atoms with Gasteiger partial charge in [-0.25, -0.2) is 9.59 Å². The number of carboxylic acid groups (broad SMARTS) is 2. The van der Waals surface area contributed by atoms with Crippen LogP contribution in [0.15, 0.2) is 24.3 Å². The third-order valence-corrected chi connectivity index (χ3v) is 2.48. The lowest BCUT2D eigenvalue weighted by atomic mass is 10.1. The number of aliphatic hydroxyl groups excluding tert-OH is 2. The summed E-state index contributed by atoms with van der Waals surface area (Å²) in [5.41, 5.74) is -0.380. The van der Waals surface area contributed by atoms with Crippen LogP contribution in [0.4, 0.5) is 0 Å². The van der Waals surface area contributed by atoms with E-state index in [2.05, 4.69) is 0 Å². The van der Waals surface area contributed by atoms with Crippen LogP contribution in [0.1, 0.15) is 60.2 Å². The molecule has 0 amide bonds. The topological polar surface area (TPSA) is 156 Å². The van der Waals surface area contributed by atoms with Crippen molar-refractivity contribution in [2.24, 2.45) is 0 Å². The van der Waals surface area contributed by atoms with Gasteiger partial charge in [-0.15, -0.1) is 0 Å². The summed E-state index contributed by atoms with van der Waals surface area (Å²) in [6.45, 7) is 3.80. The minimum absolute atomic E-state index is 0.190. The standard InChI is InChI=1S/C8H6O4.2C4H10O2/c9-7(10)5-3-1-2-4-6(5)8(11)12;2*1-2-3-4(5)6/h1-4H,(H,9,10)(H,11,12);2*4-6H,2-3H2,1H3. The summed E-state index contributed by atoms with van der Waals surface area (Å²) in [4.78, 5) is 20.9. The highest BCUT2D eigenvalue weighted by Gasteiger charge is 2.13. The molecule has 0 bridgehead atoms. The molecule has 0 aliphatic heterocycles. The Morgan fingerprint density at radius 3 is 1.21 bits per heavy atom. The van der Waals surface area contributed by atoms with E-state index in [-0.39, 0.29) is 11.1 Å². The second kappa shape index (κ2) is 14.6. The average molecular weight is 346 g/mol. The number of carboxylic acids is 2. The van der Waals surface area contributed by atoms with Gasteiger partial charge in [0.2, 0.25) is 0 Å². The molecule has 0 saturated heterocycles. The second-order valence-corrected chi connectivity index (χ2v) is 4.69. The molecule has 0 saturated carbocycles. The fourth-order valence-corrected chi connectivity index (χ4v) is 1.37. The molecule has 0 aromatic heterocycles. The van der Waals surface area contributed by atoms with Gasteiger partial charge in [0.25, 0.3) is 0 Å². The van der Waals surface area contributed by atoms with Gasteiger partial charge in [0.15, 0.2) is 12.6 Å². The summed E-state index contributed by atoms with van der Waals surface area (Å²) < 4.78 is 0. The smallest absolute Gasteiger partial charge is 0.336 e. The van der Waals surface area contributed by atoms with Crippen LogP contribution in [0.5, 0.6) is 0 Å². The quantitative estimate of drug-likeness (QED) is 0.421. The van der Waals surface area contributed by atoms with Crippen LogP contribution in [-0.2, 0) is 0 Å². The number of hydrogen-bond acceptors (Lipinski definition) is 6. The van der Waals surface area contributed by atoms with E-state index in [9.17, 15) is 9.59 Å². The van der Waals surface area contributed by atoms with E-state index in [4.69, 9.17) is 30.6 Å². The van der Waals surface area contributed by atoms with Crippen molar-refractivity contribution in [2.45, 2.75) is 52.1 Å². The van der Waals surface area contributed by atoms with Gasteiger partial charge >= 0.3 is 11.9 Å². The predicted molar refractivity (Wildman–Crippen MR) is 86.6 cm³/mol. The van der Waals surface area contributed by atoms with Gasteiger partial charge in [0.05, 0.1) is 11.1 Å². The minimum atomic E-state index is -1.23. The molecule has 0 spiro atoms. The highest BCUT2D eigenvalue weighted by atomic mass is 16.5. The molecule has 0 fully saturated rings. The monoisotopic (exact) mass is 346 g/mol. The first-order chi connectivity index (χ1) is 11.2. The van der Waals surface area contributed by atoms with Crippen molar-refractivity contribution in [3.63, 3.8) is 0 Å². The van der Waals surface area contributed by atoms with E-state index < -0.39 is 24.5 Å². The Labute approximate surface area is 140 Å². The van der Waals surface area contributed by atoms with Crippen molar-refractivity contribution in [1.82, 2.24) is 0 Å². The first kappa shape index (κ1) is 24.3. The number of rotatable bonds is 6. The van der Waals surface area contributed by atoms with Crippen LogP contribution in [0.2, 0.25) is 0 Å². The molecule has 6 N–H and O–H groups in total. The third-order valence-electron chi connectivity index (χ3n) is 2.48. The zero-order valence-electron chi connectivity index (χ0n) is 13.8. The third kappa shape index (κ3) is 13.6. The first-order valence-electron chi connectivity index (χ1n) is 7.45.